The minimum atomic E-state index is -3.54. The molecule has 6 nitrogen and oxygen atoms in total. The molecule has 0 saturated carbocycles. The van der Waals surface area contributed by atoms with E-state index in [9.17, 15) is 8.42 Å². The summed E-state index contributed by atoms with van der Waals surface area (Å²) in [5.74, 6) is 0.630. The molecule has 0 aromatic heterocycles. The van der Waals surface area contributed by atoms with Gasteiger partial charge in [0, 0.05) is 32.4 Å². The quantitative estimate of drug-likeness (QED) is 0.775. The van der Waals surface area contributed by atoms with E-state index >= 15 is 0 Å². The van der Waals surface area contributed by atoms with Crippen LogP contribution in [0.1, 0.15) is 5.56 Å². The molecule has 0 aliphatic carbocycles. The summed E-state index contributed by atoms with van der Waals surface area (Å²) in [5.41, 5.74) is 2.08. The molecule has 1 aliphatic rings. The molecule has 0 radical (unpaired) electrons. The van der Waals surface area contributed by atoms with Crippen molar-refractivity contribution in [2.24, 2.45) is 0 Å². The van der Waals surface area contributed by atoms with Crippen molar-refractivity contribution in [3.8, 4) is 5.75 Å². The molecule has 26 heavy (non-hydrogen) atoms. The Bertz CT molecular complexity index is 814. The summed E-state index contributed by atoms with van der Waals surface area (Å²) in [6, 6.07) is 14.5. The molecule has 0 bridgehead atoms. The van der Waals surface area contributed by atoms with Gasteiger partial charge in [-0.2, -0.15) is 4.31 Å². The summed E-state index contributed by atoms with van der Waals surface area (Å²) >= 11 is 0. The molecule has 1 aliphatic heterocycles. The van der Waals surface area contributed by atoms with Crippen LogP contribution in [-0.2, 0) is 21.3 Å². The maximum atomic E-state index is 12.7. The first-order chi connectivity index (χ1) is 12.5. The van der Waals surface area contributed by atoms with E-state index in [4.69, 9.17) is 9.47 Å². The third-order valence-electron chi connectivity index (χ3n) is 4.49. The second kappa shape index (κ2) is 8.07. The normalized spacial score (nSPS) is 15.3. The summed E-state index contributed by atoms with van der Waals surface area (Å²) in [4.78, 5) is 2.52. The molecule has 1 fully saturated rings. The number of rotatable bonds is 6. The first-order valence-corrected chi connectivity index (χ1v) is 9.97. The first-order valence-electron chi connectivity index (χ1n) is 8.53. The van der Waals surface area contributed by atoms with Crippen molar-refractivity contribution < 1.29 is 17.9 Å². The van der Waals surface area contributed by atoms with Gasteiger partial charge in [-0.1, -0.05) is 12.1 Å². The van der Waals surface area contributed by atoms with Crippen LogP contribution in [0.2, 0.25) is 0 Å². The van der Waals surface area contributed by atoms with E-state index in [1.165, 1.54) is 4.31 Å². The minimum Gasteiger partial charge on any atom is -0.497 e. The van der Waals surface area contributed by atoms with Crippen molar-refractivity contribution in [2.45, 2.75) is 11.4 Å². The number of benzene rings is 2. The van der Waals surface area contributed by atoms with E-state index in [2.05, 4.69) is 4.90 Å². The van der Waals surface area contributed by atoms with Crippen LogP contribution < -0.4 is 9.64 Å². The van der Waals surface area contributed by atoms with Gasteiger partial charge in [0.1, 0.15) is 5.75 Å². The van der Waals surface area contributed by atoms with Gasteiger partial charge in [0.2, 0.25) is 10.0 Å². The molecule has 1 saturated heterocycles. The van der Waals surface area contributed by atoms with Crippen LogP contribution in [0.3, 0.4) is 0 Å². The van der Waals surface area contributed by atoms with Crippen LogP contribution in [0.25, 0.3) is 0 Å². The van der Waals surface area contributed by atoms with Gasteiger partial charge in [0.25, 0.3) is 0 Å². The number of anilines is 1. The zero-order chi connectivity index (χ0) is 18.6. The highest BCUT2D eigenvalue weighted by molar-refractivity contribution is 7.89. The molecule has 3 rings (SSSR count). The lowest BCUT2D eigenvalue weighted by atomic mass is 10.2. The average Bonchev–Trinajstić information content (AvgIpc) is 2.69. The Hall–Kier alpha value is -2.09. The Kier molecular flexibility index (Phi) is 5.80. The second-order valence-corrected chi connectivity index (χ2v) is 8.25. The zero-order valence-electron chi connectivity index (χ0n) is 15.1. The van der Waals surface area contributed by atoms with Gasteiger partial charge >= 0.3 is 0 Å². The molecular formula is C19H24N2O4S. The van der Waals surface area contributed by atoms with Gasteiger partial charge in [0.05, 0.1) is 25.2 Å². The van der Waals surface area contributed by atoms with Gasteiger partial charge < -0.3 is 14.4 Å². The summed E-state index contributed by atoms with van der Waals surface area (Å²) in [6.07, 6.45) is 0. The lowest BCUT2D eigenvalue weighted by molar-refractivity contribution is 0.122. The number of morpholine rings is 1. The molecule has 1 heterocycles. The molecule has 7 heteroatoms. The van der Waals surface area contributed by atoms with Crippen LogP contribution in [-0.4, -0.2) is 53.2 Å². The molecule has 2 aromatic rings. The third-order valence-corrected chi connectivity index (χ3v) is 6.30. The van der Waals surface area contributed by atoms with Crippen molar-refractivity contribution in [1.29, 1.82) is 0 Å². The summed E-state index contributed by atoms with van der Waals surface area (Å²) < 4.78 is 37.2. The number of hydrogen-bond acceptors (Lipinski definition) is 5. The smallest absolute Gasteiger partial charge is 0.243 e. The van der Waals surface area contributed by atoms with Crippen molar-refractivity contribution in [2.75, 3.05) is 45.4 Å². The minimum absolute atomic E-state index is 0.255. The highest BCUT2D eigenvalue weighted by Gasteiger charge is 2.21. The maximum absolute atomic E-state index is 12.7. The number of nitrogens with zero attached hydrogens (tertiary/aromatic N) is 2. The molecule has 0 N–H and O–H groups in total. The van der Waals surface area contributed by atoms with Gasteiger partial charge in [-0.25, -0.2) is 8.42 Å². The van der Waals surface area contributed by atoms with Gasteiger partial charge in [0.15, 0.2) is 0 Å². The standard InChI is InChI=1S/C19H24N2O4S/c1-20(26(22,23)19-9-7-18(24-2)8-10-19)15-16-3-5-17(6-4-16)21-11-13-25-14-12-21/h3-10H,11-15H2,1-2H3. The van der Waals surface area contributed by atoms with Gasteiger partial charge in [-0.3, -0.25) is 0 Å². The molecule has 0 spiro atoms. The van der Waals surface area contributed by atoms with E-state index < -0.39 is 10.0 Å². The van der Waals surface area contributed by atoms with Crippen LogP contribution in [0.15, 0.2) is 53.4 Å². The molecule has 0 amide bonds. The van der Waals surface area contributed by atoms with Crippen molar-refractivity contribution in [3.05, 3.63) is 54.1 Å². The SMILES string of the molecule is COc1ccc(S(=O)(=O)N(C)Cc2ccc(N3CCOCC3)cc2)cc1. The monoisotopic (exact) mass is 376 g/mol. The lowest BCUT2D eigenvalue weighted by Crippen LogP contribution is -2.36. The topological polar surface area (TPSA) is 59.1 Å². The summed E-state index contributed by atoms with van der Waals surface area (Å²) in [5, 5.41) is 0. The highest BCUT2D eigenvalue weighted by Crippen LogP contribution is 2.21. The molecule has 0 atom stereocenters. The summed E-state index contributed by atoms with van der Waals surface area (Å²) in [6.45, 7) is 3.56. The maximum Gasteiger partial charge on any atom is 0.243 e. The van der Waals surface area contributed by atoms with Crippen LogP contribution in [0.5, 0.6) is 5.75 Å². The Labute approximate surface area is 155 Å². The lowest BCUT2D eigenvalue weighted by Gasteiger charge is -2.29. The zero-order valence-corrected chi connectivity index (χ0v) is 15.9. The van der Waals surface area contributed by atoms with Gasteiger partial charge in [-0.15, -0.1) is 0 Å². The van der Waals surface area contributed by atoms with E-state index in [1.54, 1.807) is 38.4 Å². The Morgan fingerprint density at radius 3 is 2.23 bits per heavy atom. The fourth-order valence-electron chi connectivity index (χ4n) is 2.90. The third kappa shape index (κ3) is 4.17. The number of ether oxygens (including phenoxy) is 2. The molecular weight excluding hydrogens is 352 g/mol. The molecule has 2 aromatic carbocycles. The Balaban J connectivity index is 1.68. The fourth-order valence-corrected chi connectivity index (χ4v) is 4.06. The predicted octanol–water partition coefficient (Wildman–Crippen LogP) is 2.35. The van der Waals surface area contributed by atoms with Gasteiger partial charge in [-0.05, 0) is 42.0 Å². The van der Waals surface area contributed by atoms with Crippen LogP contribution in [0, 0.1) is 0 Å². The molecule has 140 valence electrons. The molecule has 0 unspecified atom stereocenters. The summed E-state index contributed by atoms with van der Waals surface area (Å²) in [7, 11) is -0.397. The number of hydrogen-bond donors (Lipinski definition) is 0. The Morgan fingerprint density at radius 2 is 1.65 bits per heavy atom. The van der Waals surface area contributed by atoms with Crippen molar-refractivity contribution in [3.63, 3.8) is 0 Å². The number of methoxy groups -OCH3 is 1. The average molecular weight is 376 g/mol. The van der Waals surface area contributed by atoms with Crippen LogP contribution in [0.4, 0.5) is 5.69 Å². The van der Waals surface area contributed by atoms with E-state index in [0.29, 0.717) is 12.3 Å². The first kappa shape index (κ1) is 18.7. The van der Waals surface area contributed by atoms with E-state index in [0.717, 1.165) is 37.6 Å². The number of sulfonamides is 1. The van der Waals surface area contributed by atoms with Crippen molar-refractivity contribution in [1.82, 2.24) is 4.31 Å². The van der Waals surface area contributed by atoms with E-state index in [-0.39, 0.29) is 4.90 Å². The van der Waals surface area contributed by atoms with Crippen molar-refractivity contribution >= 4 is 15.7 Å². The highest BCUT2D eigenvalue weighted by atomic mass is 32.2. The second-order valence-electron chi connectivity index (χ2n) is 6.20. The van der Waals surface area contributed by atoms with E-state index in [1.807, 2.05) is 24.3 Å². The fraction of sp³-hybridized carbons (Fsp3) is 0.368. The largest absolute Gasteiger partial charge is 0.497 e. The predicted molar refractivity (Wildman–Crippen MR) is 101 cm³/mol. The van der Waals surface area contributed by atoms with Crippen LogP contribution >= 0.6 is 0 Å². The Morgan fingerprint density at radius 1 is 1.04 bits per heavy atom.